The van der Waals surface area contributed by atoms with E-state index >= 15 is 0 Å². The van der Waals surface area contributed by atoms with E-state index in [-0.39, 0.29) is 22.5 Å². The molecule has 6 nitrogen and oxygen atoms in total. The lowest BCUT2D eigenvalue weighted by molar-refractivity contribution is -0.142. The fourth-order valence-corrected chi connectivity index (χ4v) is 4.92. The average molecular weight is 391 g/mol. The molecule has 7 heteroatoms. The van der Waals surface area contributed by atoms with E-state index in [1.807, 2.05) is 23.6 Å². The van der Waals surface area contributed by atoms with Gasteiger partial charge in [-0.25, -0.2) is 0 Å². The summed E-state index contributed by atoms with van der Waals surface area (Å²) in [6.45, 7) is 8.91. The highest BCUT2D eigenvalue weighted by atomic mass is 32.2. The highest BCUT2D eigenvalue weighted by molar-refractivity contribution is 8.00. The van der Waals surface area contributed by atoms with Crippen LogP contribution in [0.3, 0.4) is 0 Å². The van der Waals surface area contributed by atoms with E-state index in [1.165, 1.54) is 0 Å². The zero-order valence-corrected chi connectivity index (χ0v) is 17.4. The van der Waals surface area contributed by atoms with E-state index in [9.17, 15) is 9.59 Å². The summed E-state index contributed by atoms with van der Waals surface area (Å²) in [5.41, 5.74) is 1.86. The summed E-state index contributed by atoms with van der Waals surface area (Å²) in [4.78, 5) is 37.7. The first kappa shape index (κ1) is 20.1. The maximum Gasteiger partial charge on any atom is 0.235 e. The van der Waals surface area contributed by atoms with Crippen LogP contribution in [0.2, 0.25) is 0 Å². The van der Waals surface area contributed by atoms with Crippen LogP contribution in [0.25, 0.3) is 0 Å². The Bertz CT molecular complexity index is 671. The summed E-state index contributed by atoms with van der Waals surface area (Å²) in [5, 5.41) is 0.0357. The van der Waals surface area contributed by atoms with E-state index in [2.05, 4.69) is 16.9 Å². The molecule has 2 aliphatic rings. The van der Waals surface area contributed by atoms with Crippen molar-refractivity contribution in [2.75, 3.05) is 25.4 Å². The minimum absolute atomic E-state index is 0.0357. The van der Waals surface area contributed by atoms with Gasteiger partial charge in [0.05, 0.1) is 29.4 Å². The quantitative estimate of drug-likeness (QED) is 0.773. The standard InChI is InChI=1S/C20H30N4O2S/c1-4-27-16(3)19(26)23-9-7-20(8-10-23)6-5-18(25)24(14-20)13-17-12-21-15(2)11-22-17/h11-12,16H,4-10,13-14H2,1-3H3. The summed E-state index contributed by atoms with van der Waals surface area (Å²) in [7, 11) is 0. The smallest absolute Gasteiger partial charge is 0.235 e. The van der Waals surface area contributed by atoms with Gasteiger partial charge in [-0.1, -0.05) is 6.92 Å². The molecule has 2 fully saturated rings. The molecular formula is C20H30N4O2S. The maximum absolute atomic E-state index is 12.6. The Hall–Kier alpha value is -1.63. The Kier molecular flexibility index (Phi) is 6.40. The van der Waals surface area contributed by atoms with E-state index in [0.29, 0.717) is 13.0 Å². The number of aryl methyl sites for hydroxylation is 1. The third kappa shape index (κ3) is 4.81. The van der Waals surface area contributed by atoms with Crippen molar-refractivity contribution in [3.8, 4) is 0 Å². The Morgan fingerprint density at radius 3 is 2.63 bits per heavy atom. The van der Waals surface area contributed by atoms with Gasteiger partial charge in [0.15, 0.2) is 0 Å². The van der Waals surface area contributed by atoms with Gasteiger partial charge in [0.25, 0.3) is 0 Å². The van der Waals surface area contributed by atoms with Crippen molar-refractivity contribution in [3.05, 3.63) is 23.8 Å². The number of carbonyl (C=O) groups is 2. The minimum atomic E-state index is 0.0357. The Morgan fingerprint density at radius 1 is 1.26 bits per heavy atom. The van der Waals surface area contributed by atoms with Crippen molar-refractivity contribution < 1.29 is 9.59 Å². The molecular weight excluding hydrogens is 360 g/mol. The van der Waals surface area contributed by atoms with Crippen LogP contribution in [0.4, 0.5) is 0 Å². The summed E-state index contributed by atoms with van der Waals surface area (Å²) in [6, 6.07) is 0. The van der Waals surface area contributed by atoms with Crippen LogP contribution in [0.15, 0.2) is 12.4 Å². The number of thioether (sulfide) groups is 1. The van der Waals surface area contributed by atoms with Gasteiger partial charge in [0, 0.05) is 32.3 Å². The molecule has 0 bridgehead atoms. The van der Waals surface area contributed by atoms with Crippen LogP contribution in [-0.2, 0) is 16.1 Å². The van der Waals surface area contributed by atoms with Gasteiger partial charge in [-0.05, 0) is 44.3 Å². The van der Waals surface area contributed by atoms with Gasteiger partial charge in [-0.2, -0.15) is 0 Å². The molecule has 3 heterocycles. The maximum atomic E-state index is 12.6. The van der Waals surface area contributed by atoms with Crippen molar-refractivity contribution in [2.24, 2.45) is 5.41 Å². The number of piperidine rings is 2. The molecule has 1 unspecified atom stereocenters. The first-order valence-electron chi connectivity index (χ1n) is 9.88. The Balaban J connectivity index is 1.60. The molecule has 27 heavy (non-hydrogen) atoms. The van der Waals surface area contributed by atoms with Crippen molar-refractivity contribution in [3.63, 3.8) is 0 Å². The lowest BCUT2D eigenvalue weighted by Gasteiger charge is -2.47. The second kappa shape index (κ2) is 8.59. The van der Waals surface area contributed by atoms with E-state index in [4.69, 9.17) is 0 Å². The number of carbonyl (C=O) groups excluding carboxylic acids is 2. The van der Waals surface area contributed by atoms with Crippen molar-refractivity contribution in [1.82, 2.24) is 19.8 Å². The Morgan fingerprint density at radius 2 is 2.00 bits per heavy atom. The SMILES string of the molecule is CCSC(C)C(=O)N1CCC2(CCC(=O)N(Cc3cnc(C)cn3)C2)CC1. The molecule has 0 saturated carbocycles. The number of hydrogen-bond donors (Lipinski definition) is 0. The first-order chi connectivity index (χ1) is 12.9. The first-order valence-corrected chi connectivity index (χ1v) is 10.9. The summed E-state index contributed by atoms with van der Waals surface area (Å²) in [6.07, 6.45) is 6.99. The highest BCUT2D eigenvalue weighted by Gasteiger charge is 2.42. The minimum Gasteiger partial charge on any atom is -0.342 e. The van der Waals surface area contributed by atoms with Crippen LogP contribution < -0.4 is 0 Å². The van der Waals surface area contributed by atoms with Crippen molar-refractivity contribution in [1.29, 1.82) is 0 Å². The predicted octanol–water partition coefficient (Wildman–Crippen LogP) is 2.66. The van der Waals surface area contributed by atoms with Crippen LogP contribution in [0.5, 0.6) is 0 Å². The molecule has 3 rings (SSSR count). The number of nitrogens with zero attached hydrogens (tertiary/aromatic N) is 4. The van der Waals surface area contributed by atoms with Gasteiger partial charge < -0.3 is 9.80 Å². The molecule has 0 radical (unpaired) electrons. The molecule has 1 aromatic rings. The molecule has 0 aliphatic carbocycles. The number of likely N-dealkylation sites (tertiary alicyclic amines) is 2. The molecule has 0 aromatic carbocycles. The summed E-state index contributed by atoms with van der Waals surface area (Å²) in [5.74, 6) is 1.42. The van der Waals surface area contributed by atoms with Crippen LogP contribution in [0, 0.1) is 12.3 Å². The van der Waals surface area contributed by atoms with Crippen molar-refractivity contribution >= 4 is 23.6 Å². The topological polar surface area (TPSA) is 66.4 Å². The predicted molar refractivity (Wildman–Crippen MR) is 107 cm³/mol. The zero-order chi connectivity index (χ0) is 19.4. The number of aromatic nitrogens is 2. The van der Waals surface area contributed by atoms with E-state index in [0.717, 1.165) is 56.0 Å². The normalized spacial score (nSPS) is 20.8. The molecule has 1 atom stereocenters. The average Bonchev–Trinajstić information content (AvgIpc) is 2.67. The lowest BCUT2D eigenvalue weighted by Crippen LogP contribution is -2.53. The van der Waals surface area contributed by atoms with Crippen LogP contribution in [-0.4, -0.2) is 62.2 Å². The van der Waals surface area contributed by atoms with E-state index in [1.54, 1.807) is 24.2 Å². The molecule has 1 aromatic heterocycles. The second-order valence-electron chi connectivity index (χ2n) is 7.82. The van der Waals surface area contributed by atoms with Gasteiger partial charge in [-0.15, -0.1) is 11.8 Å². The summed E-state index contributed by atoms with van der Waals surface area (Å²) < 4.78 is 0. The Labute approximate surface area is 166 Å². The van der Waals surface area contributed by atoms with Gasteiger partial charge >= 0.3 is 0 Å². The monoisotopic (exact) mass is 390 g/mol. The van der Waals surface area contributed by atoms with Crippen molar-refractivity contribution in [2.45, 2.75) is 58.2 Å². The molecule has 1 spiro atoms. The number of amides is 2. The van der Waals surface area contributed by atoms with Crippen LogP contribution >= 0.6 is 11.8 Å². The molecule has 148 valence electrons. The van der Waals surface area contributed by atoms with Gasteiger partial charge in [0.2, 0.25) is 11.8 Å². The number of hydrogen-bond acceptors (Lipinski definition) is 5. The fourth-order valence-electron chi connectivity index (χ4n) is 4.13. The van der Waals surface area contributed by atoms with Gasteiger partial charge in [0.1, 0.15) is 0 Å². The largest absolute Gasteiger partial charge is 0.342 e. The molecule has 2 aliphatic heterocycles. The second-order valence-corrected chi connectivity index (χ2v) is 9.44. The number of rotatable bonds is 5. The molecule has 2 saturated heterocycles. The fraction of sp³-hybridized carbons (Fsp3) is 0.700. The molecule has 0 N–H and O–H groups in total. The van der Waals surface area contributed by atoms with Gasteiger partial charge in [-0.3, -0.25) is 19.6 Å². The zero-order valence-electron chi connectivity index (χ0n) is 16.6. The third-order valence-electron chi connectivity index (χ3n) is 5.84. The summed E-state index contributed by atoms with van der Waals surface area (Å²) >= 11 is 1.71. The molecule has 2 amide bonds. The lowest BCUT2D eigenvalue weighted by atomic mass is 9.72. The highest BCUT2D eigenvalue weighted by Crippen LogP contribution is 2.40. The third-order valence-corrected chi connectivity index (χ3v) is 6.87. The van der Waals surface area contributed by atoms with Crippen LogP contribution in [0.1, 0.15) is 50.9 Å². The van der Waals surface area contributed by atoms with E-state index < -0.39 is 0 Å².